The molecule has 0 spiro atoms. The zero-order valence-electron chi connectivity index (χ0n) is 8.69. The molecule has 4 heteroatoms. The van der Waals surface area contributed by atoms with Gasteiger partial charge < -0.3 is 14.3 Å². The molecule has 0 aromatic carbocycles. The average Bonchev–Trinajstić information content (AvgIpc) is 2.62. The van der Waals surface area contributed by atoms with Gasteiger partial charge in [-0.15, -0.1) is 0 Å². The molecule has 4 nitrogen and oxygen atoms in total. The van der Waals surface area contributed by atoms with E-state index in [1.54, 1.807) is 13.2 Å². The van der Waals surface area contributed by atoms with Crippen molar-refractivity contribution in [1.29, 1.82) is 0 Å². The fourth-order valence-electron chi connectivity index (χ4n) is 1.18. The highest BCUT2D eigenvalue weighted by atomic mass is 16.5. The molecule has 80 valence electrons. The van der Waals surface area contributed by atoms with Crippen molar-refractivity contribution in [3.05, 3.63) is 23.7 Å². The smallest absolute Gasteiger partial charge is 0.129 e. The standard InChI is InChI=1S/C10H17NO3/c1-11(5-6-13-2)7-9-3-4-10(8-12)14-9/h3-4,12H,5-8H2,1-2H3. The first-order chi connectivity index (χ1) is 6.76. The second kappa shape index (κ2) is 5.80. The highest BCUT2D eigenvalue weighted by Gasteiger charge is 2.04. The second-order valence-electron chi connectivity index (χ2n) is 3.26. The third kappa shape index (κ3) is 3.49. The molecule has 0 aliphatic rings. The van der Waals surface area contributed by atoms with Gasteiger partial charge in [0.2, 0.25) is 0 Å². The molecule has 1 aromatic heterocycles. The van der Waals surface area contributed by atoms with Gasteiger partial charge in [-0.05, 0) is 19.2 Å². The first kappa shape index (κ1) is 11.2. The fourth-order valence-corrected chi connectivity index (χ4v) is 1.18. The predicted molar refractivity (Wildman–Crippen MR) is 52.8 cm³/mol. The van der Waals surface area contributed by atoms with Crippen molar-refractivity contribution in [2.75, 3.05) is 27.3 Å². The minimum Gasteiger partial charge on any atom is -0.462 e. The van der Waals surface area contributed by atoms with E-state index in [0.717, 1.165) is 18.8 Å². The molecule has 1 heterocycles. The number of nitrogens with zero attached hydrogens (tertiary/aromatic N) is 1. The minimum atomic E-state index is -0.0399. The van der Waals surface area contributed by atoms with Crippen LogP contribution in [-0.4, -0.2) is 37.3 Å². The molecule has 0 atom stereocenters. The van der Waals surface area contributed by atoms with Gasteiger partial charge in [-0.2, -0.15) is 0 Å². The monoisotopic (exact) mass is 199 g/mol. The van der Waals surface area contributed by atoms with Gasteiger partial charge >= 0.3 is 0 Å². The Morgan fingerprint density at radius 3 is 2.71 bits per heavy atom. The van der Waals surface area contributed by atoms with Gasteiger partial charge in [0.1, 0.15) is 18.1 Å². The molecule has 0 unspecified atom stereocenters. The summed E-state index contributed by atoms with van der Waals surface area (Å²) in [5.41, 5.74) is 0. The zero-order valence-corrected chi connectivity index (χ0v) is 8.69. The van der Waals surface area contributed by atoms with E-state index in [9.17, 15) is 0 Å². The molecule has 0 saturated carbocycles. The van der Waals surface area contributed by atoms with Gasteiger partial charge in [0.15, 0.2) is 0 Å². The van der Waals surface area contributed by atoms with E-state index >= 15 is 0 Å². The van der Waals surface area contributed by atoms with E-state index in [1.807, 2.05) is 13.1 Å². The summed E-state index contributed by atoms with van der Waals surface area (Å²) in [6.45, 7) is 2.28. The second-order valence-corrected chi connectivity index (χ2v) is 3.26. The van der Waals surface area contributed by atoms with Crippen molar-refractivity contribution in [3.8, 4) is 0 Å². The molecule has 1 aromatic rings. The predicted octanol–water partition coefficient (Wildman–Crippen LogP) is 0.850. The summed E-state index contributed by atoms with van der Waals surface area (Å²) < 4.78 is 10.3. The molecule has 1 N–H and O–H groups in total. The molecule has 14 heavy (non-hydrogen) atoms. The highest BCUT2D eigenvalue weighted by Crippen LogP contribution is 2.09. The molecule has 0 fully saturated rings. The van der Waals surface area contributed by atoms with Crippen LogP contribution in [0.4, 0.5) is 0 Å². The molecule has 1 rings (SSSR count). The van der Waals surface area contributed by atoms with Gasteiger partial charge in [-0.3, -0.25) is 4.90 Å². The number of ether oxygens (including phenoxy) is 1. The maximum absolute atomic E-state index is 8.80. The Kier molecular flexibility index (Phi) is 4.65. The van der Waals surface area contributed by atoms with Crippen LogP contribution in [-0.2, 0) is 17.9 Å². The van der Waals surface area contributed by atoms with Crippen LogP contribution in [0.25, 0.3) is 0 Å². The molecular weight excluding hydrogens is 182 g/mol. The van der Waals surface area contributed by atoms with E-state index in [2.05, 4.69) is 4.90 Å². The summed E-state index contributed by atoms with van der Waals surface area (Å²) in [4.78, 5) is 2.10. The van der Waals surface area contributed by atoms with Crippen LogP contribution >= 0.6 is 0 Å². The first-order valence-corrected chi connectivity index (χ1v) is 4.62. The molecule has 0 saturated heterocycles. The SMILES string of the molecule is COCCN(C)Cc1ccc(CO)o1. The van der Waals surface area contributed by atoms with Crippen LogP contribution < -0.4 is 0 Å². The van der Waals surface area contributed by atoms with E-state index in [-0.39, 0.29) is 6.61 Å². The lowest BCUT2D eigenvalue weighted by Gasteiger charge is -2.13. The maximum atomic E-state index is 8.80. The van der Waals surface area contributed by atoms with Gasteiger partial charge in [-0.25, -0.2) is 0 Å². The normalized spacial score (nSPS) is 11.1. The summed E-state index contributed by atoms with van der Waals surface area (Å²) >= 11 is 0. The third-order valence-corrected chi connectivity index (χ3v) is 1.98. The topological polar surface area (TPSA) is 45.8 Å². The van der Waals surface area contributed by atoms with Crippen molar-refractivity contribution >= 4 is 0 Å². The number of methoxy groups -OCH3 is 1. The Morgan fingerprint density at radius 2 is 2.14 bits per heavy atom. The Labute approximate surface area is 84.1 Å². The number of likely N-dealkylation sites (N-methyl/N-ethyl adjacent to an activating group) is 1. The summed E-state index contributed by atoms with van der Waals surface area (Å²) in [5.74, 6) is 1.48. The molecule has 0 aliphatic heterocycles. The van der Waals surface area contributed by atoms with E-state index in [1.165, 1.54) is 0 Å². The third-order valence-electron chi connectivity index (χ3n) is 1.98. The van der Waals surface area contributed by atoms with Crippen molar-refractivity contribution in [1.82, 2.24) is 4.90 Å². The highest BCUT2D eigenvalue weighted by molar-refractivity contribution is 5.06. The van der Waals surface area contributed by atoms with Gasteiger partial charge in [0.25, 0.3) is 0 Å². The summed E-state index contributed by atoms with van der Waals surface area (Å²) in [6, 6.07) is 3.67. The quantitative estimate of drug-likeness (QED) is 0.737. The lowest BCUT2D eigenvalue weighted by molar-refractivity contribution is 0.153. The van der Waals surface area contributed by atoms with Gasteiger partial charge in [0, 0.05) is 13.7 Å². The number of aliphatic hydroxyl groups excluding tert-OH is 1. The average molecular weight is 199 g/mol. The van der Waals surface area contributed by atoms with Crippen LogP contribution in [0.2, 0.25) is 0 Å². The Hall–Kier alpha value is -0.840. The summed E-state index contributed by atoms with van der Waals surface area (Å²) in [6.07, 6.45) is 0. The van der Waals surface area contributed by atoms with Crippen LogP contribution in [0.3, 0.4) is 0 Å². The Balaban J connectivity index is 2.35. The van der Waals surface area contributed by atoms with Crippen molar-refractivity contribution in [2.45, 2.75) is 13.2 Å². The Morgan fingerprint density at radius 1 is 1.43 bits per heavy atom. The lowest BCUT2D eigenvalue weighted by atomic mass is 10.4. The first-order valence-electron chi connectivity index (χ1n) is 4.62. The van der Waals surface area contributed by atoms with Crippen LogP contribution in [0.1, 0.15) is 11.5 Å². The molecule has 0 aliphatic carbocycles. The Bertz CT molecular complexity index is 260. The van der Waals surface area contributed by atoms with E-state index in [0.29, 0.717) is 12.4 Å². The lowest BCUT2D eigenvalue weighted by Crippen LogP contribution is -2.21. The summed E-state index contributed by atoms with van der Waals surface area (Å²) in [7, 11) is 3.69. The number of furan rings is 1. The van der Waals surface area contributed by atoms with Crippen LogP contribution in [0.15, 0.2) is 16.5 Å². The molecule has 0 amide bonds. The molecular formula is C10H17NO3. The fraction of sp³-hybridized carbons (Fsp3) is 0.600. The van der Waals surface area contributed by atoms with Crippen molar-refractivity contribution < 1.29 is 14.3 Å². The molecule has 0 radical (unpaired) electrons. The zero-order chi connectivity index (χ0) is 10.4. The number of aliphatic hydroxyl groups is 1. The minimum absolute atomic E-state index is 0.0399. The number of rotatable bonds is 6. The van der Waals surface area contributed by atoms with Gasteiger partial charge in [0.05, 0.1) is 13.2 Å². The molecule has 0 bridgehead atoms. The van der Waals surface area contributed by atoms with Crippen LogP contribution in [0.5, 0.6) is 0 Å². The summed E-state index contributed by atoms with van der Waals surface area (Å²) in [5, 5.41) is 8.80. The van der Waals surface area contributed by atoms with Crippen LogP contribution in [0, 0.1) is 0 Å². The van der Waals surface area contributed by atoms with Crippen molar-refractivity contribution in [2.24, 2.45) is 0 Å². The van der Waals surface area contributed by atoms with Crippen molar-refractivity contribution in [3.63, 3.8) is 0 Å². The number of hydrogen-bond acceptors (Lipinski definition) is 4. The largest absolute Gasteiger partial charge is 0.462 e. The van der Waals surface area contributed by atoms with E-state index < -0.39 is 0 Å². The van der Waals surface area contributed by atoms with Gasteiger partial charge in [-0.1, -0.05) is 0 Å². The maximum Gasteiger partial charge on any atom is 0.129 e. The van der Waals surface area contributed by atoms with E-state index in [4.69, 9.17) is 14.3 Å². The number of hydrogen-bond donors (Lipinski definition) is 1.